The lowest BCUT2D eigenvalue weighted by Gasteiger charge is -2.38. The van der Waals surface area contributed by atoms with Gasteiger partial charge in [0.25, 0.3) is 0 Å². The van der Waals surface area contributed by atoms with E-state index >= 15 is 0 Å². The lowest BCUT2D eigenvalue weighted by Crippen LogP contribution is -2.49. The van der Waals surface area contributed by atoms with Gasteiger partial charge in [0.05, 0.1) is 6.04 Å². The van der Waals surface area contributed by atoms with Crippen LogP contribution < -0.4 is 10.6 Å². The Morgan fingerprint density at radius 2 is 1.65 bits per heavy atom. The van der Waals surface area contributed by atoms with Crippen LogP contribution in [-0.2, 0) is 15.0 Å². The van der Waals surface area contributed by atoms with E-state index in [0.717, 1.165) is 11.1 Å². The summed E-state index contributed by atoms with van der Waals surface area (Å²) in [7, 11) is 0. The molecule has 2 aromatic carbocycles. The van der Waals surface area contributed by atoms with E-state index in [0.29, 0.717) is 35.2 Å². The quantitative estimate of drug-likeness (QED) is 0.559. The second-order valence-corrected chi connectivity index (χ2v) is 11.4. The fraction of sp³-hybridized carbons (Fsp3) is 0.481. The van der Waals surface area contributed by atoms with Crippen LogP contribution in [0.25, 0.3) is 0 Å². The Hall–Kier alpha value is -2.08. The number of likely N-dealkylation sites (N-methyl/N-ethyl adjacent to an activating group) is 1. The van der Waals surface area contributed by atoms with Crippen LogP contribution in [0.1, 0.15) is 58.1 Å². The Morgan fingerprint density at radius 3 is 2.24 bits per heavy atom. The number of carbonyl (C=O) groups excluding carboxylic acids is 2. The lowest BCUT2D eigenvalue weighted by atomic mass is 9.62. The van der Waals surface area contributed by atoms with Crippen LogP contribution in [0.2, 0.25) is 10.0 Å². The van der Waals surface area contributed by atoms with Gasteiger partial charge in [-0.1, -0.05) is 62.2 Å². The van der Waals surface area contributed by atoms with Crippen molar-refractivity contribution in [3.05, 3.63) is 63.6 Å². The van der Waals surface area contributed by atoms with E-state index in [2.05, 4.69) is 31.4 Å². The molecular weight excluding hydrogens is 469 g/mol. The molecule has 1 spiro atoms. The average molecular weight is 502 g/mol. The molecule has 7 heteroatoms. The Morgan fingerprint density at radius 1 is 1.03 bits per heavy atom. The highest BCUT2D eigenvalue weighted by Crippen LogP contribution is 2.56. The number of anilines is 1. The van der Waals surface area contributed by atoms with Gasteiger partial charge in [0.15, 0.2) is 0 Å². The van der Waals surface area contributed by atoms with Gasteiger partial charge in [0, 0.05) is 40.8 Å². The molecule has 1 saturated heterocycles. The summed E-state index contributed by atoms with van der Waals surface area (Å²) < 4.78 is 0. The third-order valence-electron chi connectivity index (χ3n) is 7.19. The first-order chi connectivity index (χ1) is 16.0. The van der Waals surface area contributed by atoms with E-state index in [9.17, 15) is 9.59 Å². The first-order valence-electron chi connectivity index (χ1n) is 11.9. The maximum Gasteiger partial charge on any atom is 0.240 e. The molecular formula is C27H33Cl2N3O2. The molecule has 2 N–H and O–H groups in total. The van der Waals surface area contributed by atoms with Gasteiger partial charge in [-0.25, -0.2) is 0 Å². The van der Waals surface area contributed by atoms with Gasteiger partial charge in [-0.3, -0.25) is 9.59 Å². The predicted octanol–water partition coefficient (Wildman–Crippen LogP) is 5.61. The number of fused-ring (bicyclic) bond motifs is 2. The van der Waals surface area contributed by atoms with Crippen LogP contribution in [0.3, 0.4) is 0 Å². The smallest absolute Gasteiger partial charge is 0.240 e. The average Bonchev–Trinajstić information content (AvgIpc) is 3.23. The van der Waals surface area contributed by atoms with Gasteiger partial charge in [-0.15, -0.1) is 0 Å². The van der Waals surface area contributed by atoms with Crippen LogP contribution in [0.15, 0.2) is 42.5 Å². The van der Waals surface area contributed by atoms with Crippen LogP contribution in [0, 0.1) is 5.41 Å². The maximum atomic E-state index is 14.0. The minimum atomic E-state index is -0.964. The Kier molecular flexibility index (Phi) is 6.75. The van der Waals surface area contributed by atoms with Crippen molar-refractivity contribution in [3.8, 4) is 0 Å². The van der Waals surface area contributed by atoms with Crippen LogP contribution in [0.5, 0.6) is 0 Å². The van der Waals surface area contributed by atoms with Crippen molar-refractivity contribution in [1.82, 2.24) is 10.2 Å². The largest absolute Gasteiger partial charge is 0.342 e. The monoisotopic (exact) mass is 501 g/mol. The number of hydrogen-bond donors (Lipinski definition) is 2. The Balaban J connectivity index is 1.98. The van der Waals surface area contributed by atoms with Gasteiger partial charge in [-0.2, -0.15) is 0 Å². The minimum absolute atomic E-state index is 0.0101. The van der Waals surface area contributed by atoms with Gasteiger partial charge in [0.1, 0.15) is 5.41 Å². The lowest BCUT2D eigenvalue weighted by molar-refractivity contribution is -0.133. The molecule has 4 atom stereocenters. The zero-order valence-electron chi connectivity index (χ0n) is 20.4. The maximum absolute atomic E-state index is 14.0. The van der Waals surface area contributed by atoms with Crippen molar-refractivity contribution < 1.29 is 9.59 Å². The van der Waals surface area contributed by atoms with Crippen LogP contribution >= 0.6 is 23.2 Å². The van der Waals surface area contributed by atoms with E-state index in [-0.39, 0.29) is 23.3 Å². The normalized spacial score (nSPS) is 26.0. The predicted molar refractivity (Wildman–Crippen MR) is 139 cm³/mol. The third-order valence-corrected chi connectivity index (χ3v) is 7.68. The Labute approximate surface area is 212 Å². The third kappa shape index (κ3) is 4.12. The van der Waals surface area contributed by atoms with E-state index in [1.807, 2.05) is 55.1 Å². The first-order valence-corrected chi connectivity index (χ1v) is 12.7. The van der Waals surface area contributed by atoms with Crippen LogP contribution in [-0.4, -0.2) is 41.9 Å². The van der Waals surface area contributed by atoms with Gasteiger partial charge in [0.2, 0.25) is 11.8 Å². The molecule has 4 rings (SSSR count). The van der Waals surface area contributed by atoms with Gasteiger partial charge < -0.3 is 15.5 Å². The second kappa shape index (κ2) is 9.18. The molecule has 2 aliphatic heterocycles. The minimum Gasteiger partial charge on any atom is -0.342 e. The molecule has 0 bridgehead atoms. The molecule has 2 heterocycles. The fourth-order valence-electron chi connectivity index (χ4n) is 5.81. The number of hydrogen-bond acceptors (Lipinski definition) is 3. The number of amides is 2. The van der Waals surface area contributed by atoms with Crippen molar-refractivity contribution in [1.29, 1.82) is 0 Å². The molecule has 0 radical (unpaired) electrons. The molecule has 0 saturated carbocycles. The topological polar surface area (TPSA) is 61.4 Å². The molecule has 34 heavy (non-hydrogen) atoms. The summed E-state index contributed by atoms with van der Waals surface area (Å²) in [5.41, 5.74) is 1.48. The standard InChI is InChI=1S/C27H33Cl2N3O2/c1-6-32(7-2)24(33)23-22(16-8-10-17(28)11-9-16)27(21(31-23)15-26(3,4)5)19-13-12-18(29)14-20(19)30-25(27)34/h8-14,21-23,31H,6-7,15H2,1-5H3,(H,30,34). The summed E-state index contributed by atoms with van der Waals surface area (Å²) in [5.74, 6) is -0.495. The number of halogens is 2. The van der Waals surface area contributed by atoms with Crippen molar-refractivity contribution in [2.75, 3.05) is 18.4 Å². The highest BCUT2D eigenvalue weighted by Gasteiger charge is 2.65. The Bertz CT molecular complexity index is 1090. The first kappa shape index (κ1) is 25.0. The van der Waals surface area contributed by atoms with Crippen molar-refractivity contribution >= 4 is 40.7 Å². The molecule has 2 aliphatic rings. The van der Waals surface area contributed by atoms with E-state index in [1.165, 1.54) is 0 Å². The van der Waals surface area contributed by atoms with Crippen molar-refractivity contribution in [3.63, 3.8) is 0 Å². The number of rotatable bonds is 5. The van der Waals surface area contributed by atoms with Crippen molar-refractivity contribution in [2.24, 2.45) is 5.41 Å². The molecule has 2 aromatic rings. The van der Waals surface area contributed by atoms with Crippen LogP contribution in [0.4, 0.5) is 5.69 Å². The van der Waals surface area contributed by atoms with E-state index < -0.39 is 17.4 Å². The summed E-state index contributed by atoms with van der Waals surface area (Å²) in [6, 6.07) is 12.3. The van der Waals surface area contributed by atoms with Gasteiger partial charge >= 0.3 is 0 Å². The summed E-state index contributed by atoms with van der Waals surface area (Å²) in [6.45, 7) is 11.7. The highest BCUT2D eigenvalue weighted by molar-refractivity contribution is 6.31. The SMILES string of the molecule is CCN(CC)C(=O)C1NC(CC(C)(C)C)C2(C(=O)Nc3cc(Cl)ccc32)C1c1ccc(Cl)cc1. The van der Waals surface area contributed by atoms with Crippen molar-refractivity contribution in [2.45, 2.75) is 64.5 Å². The molecule has 2 amide bonds. The zero-order chi connectivity index (χ0) is 24.8. The molecule has 0 aromatic heterocycles. The number of nitrogens with zero attached hydrogens (tertiary/aromatic N) is 1. The van der Waals surface area contributed by atoms with E-state index in [1.54, 1.807) is 6.07 Å². The molecule has 182 valence electrons. The fourth-order valence-corrected chi connectivity index (χ4v) is 6.11. The summed E-state index contributed by atoms with van der Waals surface area (Å²) in [5, 5.41) is 7.94. The summed E-state index contributed by atoms with van der Waals surface area (Å²) in [4.78, 5) is 29.7. The molecule has 5 nitrogen and oxygen atoms in total. The summed E-state index contributed by atoms with van der Waals surface area (Å²) in [6.07, 6.45) is 0.717. The number of nitrogens with one attached hydrogen (secondary N) is 2. The number of benzene rings is 2. The highest BCUT2D eigenvalue weighted by atomic mass is 35.5. The molecule has 1 fully saturated rings. The summed E-state index contributed by atoms with van der Waals surface area (Å²) >= 11 is 12.5. The molecule has 4 unspecified atom stereocenters. The zero-order valence-corrected chi connectivity index (χ0v) is 21.9. The van der Waals surface area contributed by atoms with Gasteiger partial charge in [-0.05, 0) is 61.1 Å². The van der Waals surface area contributed by atoms with E-state index in [4.69, 9.17) is 23.2 Å². The molecule has 0 aliphatic carbocycles. The number of carbonyl (C=O) groups is 2. The second-order valence-electron chi connectivity index (χ2n) is 10.5.